The molecule has 4 aromatic carbocycles. The van der Waals surface area contributed by atoms with Gasteiger partial charge < -0.3 is 9.30 Å². The summed E-state index contributed by atoms with van der Waals surface area (Å²) in [5, 5.41) is 4.10. The Morgan fingerprint density at radius 1 is 0.741 bits per heavy atom. The Morgan fingerprint density at radius 3 is 2.11 bits per heavy atom. The van der Waals surface area contributed by atoms with Crippen LogP contribution in [-0.4, -0.2) is 17.6 Å². The number of methoxy groups -OCH3 is 1. The first-order valence-corrected chi connectivity index (χ1v) is 8.88. The van der Waals surface area contributed by atoms with Crippen molar-refractivity contribution in [2.24, 2.45) is 0 Å². The maximum Gasteiger partial charge on any atom is 0.338 e. The van der Waals surface area contributed by atoms with Gasteiger partial charge in [0.1, 0.15) is 0 Å². The number of benzene rings is 4. The predicted octanol–water partition coefficient (Wildman–Crippen LogP) is 5.72. The first kappa shape index (κ1) is 15.6. The summed E-state index contributed by atoms with van der Waals surface area (Å²) in [6.07, 6.45) is 0. The van der Waals surface area contributed by atoms with Crippen molar-refractivity contribution in [3.05, 3.63) is 90.5 Å². The van der Waals surface area contributed by atoms with Crippen LogP contribution in [0.1, 0.15) is 10.4 Å². The summed E-state index contributed by atoms with van der Waals surface area (Å²) < 4.78 is 7.32. The Balaban J connectivity index is 2.07. The van der Waals surface area contributed by atoms with E-state index in [0.29, 0.717) is 5.56 Å². The monoisotopic (exact) mass is 351 g/mol. The summed E-state index contributed by atoms with van der Waals surface area (Å²) in [5.41, 5.74) is 3.91. The van der Waals surface area contributed by atoms with E-state index < -0.39 is 0 Å². The Morgan fingerprint density at radius 2 is 1.37 bits per heavy atom. The van der Waals surface area contributed by atoms with Crippen molar-refractivity contribution in [2.45, 2.75) is 0 Å². The lowest BCUT2D eigenvalue weighted by Gasteiger charge is -2.11. The van der Waals surface area contributed by atoms with E-state index in [1.807, 2.05) is 54.6 Å². The molecule has 0 amide bonds. The molecule has 27 heavy (non-hydrogen) atoms. The van der Waals surface area contributed by atoms with Crippen LogP contribution in [0.2, 0.25) is 0 Å². The molecule has 0 radical (unpaired) electrons. The molecule has 0 bridgehead atoms. The zero-order chi connectivity index (χ0) is 18.4. The number of esters is 1. The van der Waals surface area contributed by atoms with E-state index in [1.165, 1.54) is 7.11 Å². The van der Waals surface area contributed by atoms with Crippen LogP contribution in [-0.2, 0) is 4.74 Å². The van der Waals surface area contributed by atoms with Crippen molar-refractivity contribution in [3.63, 3.8) is 0 Å². The second-order valence-electron chi connectivity index (χ2n) is 6.55. The molecule has 1 aromatic heterocycles. The third-order valence-corrected chi connectivity index (χ3v) is 5.09. The lowest BCUT2D eigenvalue weighted by Crippen LogP contribution is -2.03. The van der Waals surface area contributed by atoms with Crippen LogP contribution >= 0.6 is 0 Å². The van der Waals surface area contributed by atoms with E-state index in [-0.39, 0.29) is 5.97 Å². The molecular formula is C24H17NO2. The summed E-state index contributed by atoms with van der Waals surface area (Å²) in [5.74, 6) is -0.315. The van der Waals surface area contributed by atoms with Crippen molar-refractivity contribution in [1.29, 1.82) is 0 Å². The lowest BCUT2D eigenvalue weighted by atomic mass is 10.00. The third-order valence-electron chi connectivity index (χ3n) is 5.09. The van der Waals surface area contributed by atoms with Gasteiger partial charge in [-0.25, -0.2) is 4.79 Å². The highest BCUT2D eigenvalue weighted by Gasteiger charge is 2.19. The first-order valence-electron chi connectivity index (χ1n) is 8.88. The quantitative estimate of drug-likeness (QED) is 0.381. The van der Waals surface area contributed by atoms with Gasteiger partial charge in [-0.1, -0.05) is 60.7 Å². The molecule has 0 atom stereocenters. The van der Waals surface area contributed by atoms with Crippen LogP contribution in [0, 0.1) is 0 Å². The Labute approximate surface area is 156 Å². The number of hydrogen-bond donors (Lipinski definition) is 0. The average Bonchev–Trinajstić information content (AvgIpc) is 3.08. The van der Waals surface area contributed by atoms with Crippen LogP contribution in [0.25, 0.3) is 38.3 Å². The van der Waals surface area contributed by atoms with Crippen LogP contribution in [0.15, 0.2) is 84.9 Å². The van der Waals surface area contributed by atoms with Gasteiger partial charge in [0.15, 0.2) is 0 Å². The smallest absolute Gasteiger partial charge is 0.338 e. The van der Waals surface area contributed by atoms with E-state index in [1.54, 1.807) is 0 Å². The number of fused-ring (bicyclic) bond motifs is 5. The number of para-hydroxylation sites is 2. The molecule has 1 heterocycles. The summed E-state index contributed by atoms with van der Waals surface area (Å²) in [6, 6.07) is 28.6. The molecule has 130 valence electrons. The van der Waals surface area contributed by atoms with Gasteiger partial charge in [0.25, 0.3) is 0 Å². The van der Waals surface area contributed by atoms with E-state index in [2.05, 4.69) is 34.9 Å². The van der Waals surface area contributed by atoms with E-state index >= 15 is 0 Å². The van der Waals surface area contributed by atoms with Crippen molar-refractivity contribution in [2.75, 3.05) is 7.11 Å². The fraction of sp³-hybridized carbons (Fsp3) is 0.0417. The van der Waals surface area contributed by atoms with Gasteiger partial charge >= 0.3 is 5.97 Å². The van der Waals surface area contributed by atoms with Gasteiger partial charge in [0.2, 0.25) is 0 Å². The van der Waals surface area contributed by atoms with Gasteiger partial charge in [-0.05, 0) is 29.7 Å². The molecule has 0 saturated carbocycles. The Kier molecular flexibility index (Phi) is 3.47. The Hall–Kier alpha value is -3.59. The molecule has 0 aliphatic heterocycles. The number of rotatable bonds is 2. The lowest BCUT2D eigenvalue weighted by molar-refractivity contribution is 0.0603. The summed E-state index contributed by atoms with van der Waals surface area (Å²) in [6.45, 7) is 0. The molecular weight excluding hydrogens is 334 g/mol. The van der Waals surface area contributed by atoms with Gasteiger partial charge in [0, 0.05) is 21.8 Å². The molecule has 0 fully saturated rings. The minimum atomic E-state index is -0.315. The SMILES string of the molecule is COC(=O)c1cc2c3ccccc3n(-c3ccccc3)c2c2ccccc12. The number of carbonyl (C=O) groups excluding carboxylic acids is 1. The number of aromatic nitrogens is 1. The first-order chi connectivity index (χ1) is 13.3. The summed E-state index contributed by atoms with van der Waals surface area (Å²) in [7, 11) is 1.43. The molecule has 5 aromatic rings. The number of ether oxygens (including phenoxy) is 1. The highest BCUT2D eigenvalue weighted by Crippen LogP contribution is 2.38. The van der Waals surface area contributed by atoms with Gasteiger partial charge in [-0.2, -0.15) is 0 Å². The molecule has 5 rings (SSSR count). The van der Waals surface area contributed by atoms with Crippen molar-refractivity contribution in [3.8, 4) is 5.69 Å². The number of nitrogens with zero attached hydrogens (tertiary/aromatic N) is 1. The van der Waals surface area contributed by atoms with E-state index in [9.17, 15) is 4.79 Å². The molecule has 0 spiro atoms. The molecule has 0 aliphatic rings. The van der Waals surface area contributed by atoms with E-state index in [0.717, 1.165) is 38.3 Å². The largest absolute Gasteiger partial charge is 0.465 e. The molecule has 0 unspecified atom stereocenters. The molecule has 0 saturated heterocycles. The number of hydrogen-bond acceptors (Lipinski definition) is 2. The normalized spacial score (nSPS) is 11.3. The van der Waals surface area contributed by atoms with Crippen LogP contribution in [0.5, 0.6) is 0 Å². The fourth-order valence-corrected chi connectivity index (χ4v) is 3.95. The van der Waals surface area contributed by atoms with Crippen LogP contribution in [0.3, 0.4) is 0 Å². The maximum absolute atomic E-state index is 12.5. The van der Waals surface area contributed by atoms with Crippen molar-refractivity contribution in [1.82, 2.24) is 4.57 Å². The minimum absolute atomic E-state index is 0.315. The predicted molar refractivity (Wildman–Crippen MR) is 110 cm³/mol. The summed E-state index contributed by atoms with van der Waals surface area (Å²) >= 11 is 0. The fourth-order valence-electron chi connectivity index (χ4n) is 3.95. The zero-order valence-corrected chi connectivity index (χ0v) is 14.8. The average molecular weight is 351 g/mol. The summed E-state index contributed by atoms with van der Waals surface area (Å²) in [4.78, 5) is 12.5. The topological polar surface area (TPSA) is 31.2 Å². The molecule has 3 heteroatoms. The van der Waals surface area contributed by atoms with Crippen molar-refractivity contribution < 1.29 is 9.53 Å². The van der Waals surface area contributed by atoms with Crippen molar-refractivity contribution >= 4 is 38.5 Å². The molecule has 0 aliphatic carbocycles. The van der Waals surface area contributed by atoms with Crippen LogP contribution < -0.4 is 0 Å². The zero-order valence-electron chi connectivity index (χ0n) is 14.8. The second kappa shape index (κ2) is 5.99. The highest BCUT2D eigenvalue weighted by atomic mass is 16.5. The third kappa shape index (κ3) is 2.25. The van der Waals surface area contributed by atoms with Gasteiger partial charge in [-0.15, -0.1) is 0 Å². The van der Waals surface area contributed by atoms with Gasteiger partial charge in [-0.3, -0.25) is 0 Å². The maximum atomic E-state index is 12.5. The Bertz CT molecular complexity index is 1320. The van der Waals surface area contributed by atoms with Crippen LogP contribution in [0.4, 0.5) is 0 Å². The molecule has 3 nitrogen and oxygen atoms in total. The second-order valence-corrected chi connectivity index (χ2v) is 6.55. The highest BCUT2D eigenvalue weighted by molar-refractivity contribution is 6.22. The van der Waals surface area contributed by atoms with E-state index in [4.69, 9.17) is 4.74 Å². The standard InChI is InChI=1S/C24H17NO2/c1-27-24(26)21-15-20-18-12-7-8-14-22(18)25(16-9-3-2-4-10-16)23(20)19-13-6-5-11-17(19)21/h2-15H,1H3. The molecule has 0 N–H and O–H groups in total. The van der Waals surface area contributed by atoms with Gasteiger partial charge in [0.05, 0.1) is 23.7 Å². The number of carbonyl (C=O) groups is 1. The minimum Gasteiger partial charge on any atom is -0.465 e.